The summed E-state index contributed by atoms with van der Waals surface area (Å²) in [4.78, 5) is 24.8. The molecule has 0 spiro atoms. The van der Waals surface area contributed by atoms with Gasteiger partial charge in [0.2, 0.25) is 5.91 Å². The van der Waals surface area contributed by atoms with Gasteiger partial charge in [-0.05, 0) is 30.9 Å². The maximum absolute atomic E-state index is 13.6. The van der Waals surface area contributed by atoms with Gasteiger partial charge in [0, 0.05) is 12.5 Å². The average Bonchev–Trinajstić information content (AvgIpc) is 2.89. The van der Waals surface area contributed by atoms with Crippen LogP contribution in [0.25, 0.3) is 0 Å². The van der Waals surface area contributed by atoms with Gasteiger partial charge in [-0.1, -0.05) is 25.1 Å². The highest BCUT2D eigenvalue weighted by Crippen LogP contribution is 2.22. The number of hydrogen-bond donors (Lipinski definition) is 1. The van der Waals surface area contributed by atoms with E-state index in [1.165, 1.54) is 11.0 Å². The Morgan fingerprint density at radius 2 is 2.15 bits per heavy atom. The summed E-state index contributed by atoms with van der Waals surface area (Å²) < 4.78 is 13.6. The molecule has 1 fully saturated rings. The summed E-state index contributed by atoms with van der Waals surface area (Å²) >= 11 is 0. The second kappa shape index (κ2) is 6.03. The number of halogens is 1. The van der Waals surface area contributed by atoms with E-state index in [1.54, 1.807) is 25.1 Å². The third-order valence-corrected chi connectivity index (χ3v) is 3.73. The number of hydrogen-bond acceptors (Lipinski definition) is 2. The lowest BCUT2D eigenvalue weighted by molar-refractivity contribution is -0.149. The molecule has 2 rings (SSSR count). The van der Waals surface area contributed by atoms with E-state index >= 15 is 0 Å². The average molecular weight is 279 g/mol. The molecular weight excluding hydrogens is 261 g/mol. The first-order chi connectivity index (χ1) is 9.50. The number of nitrogens with zero attached hydrogens (tertiary/aromatic N) is 1. The lowest BCUT2D eigenvalue weighted by Gasteiger charge is -2.25. The molecule has 4 nitrogen and oxygen atoms in total. The van der Waals surface area contributed by atoms with E-state index in [9.17, 15) is 14.0 Å². The van der Waals surface area contributed by atoms with Crippen molar-refractivity contribution in [1.82, 2.24) is 4.90 Å². The number of carbonyl (C=O) groups is 2. The van der Waals surface area contributed by atoms with E-state index < -0.39 is 17.9 Å². The van der Waals surface area contributed by atoms with E-state index in [-0.39, 0.29) is 18.1 Å². The van der Waals surface area contributed by atoms with Crippen LogP contribution in [0.2, 0.25) is 0 Å². The highest BCUT2D eigenvalue weighted by Gasteiger charge is 2.35. The number of amides is 1. The van der Waals surface area contributed by atoms with Crippen molar-refractivity contribution in [3.05, 3.63) is 35.6 Å². The molecule has 0 saturated carbocycles. The van der Waals surface area contributed by atoms with Crippen LogP contribution in [-0.2, 0) is 16.0 Å². The van der Waals surface area contributed by atoms with Crippen LogP contribution >= 0.6 is 0 Å². The number of likely N-dealkylation sites (tertiary alicyclic amines) is 1. The minimum absolute atomic E-state index is 0.210. The van der Waals surface area contributed by atoms with Gasteiger partial charge in [0.15, 0.2) is 0 Å². The Bertz CT molecular complexity index is 518. The van der Waals surface area contributed by atoms with Gasteiger partial charge in [0.05, 0.1) is 0 Å². The Balaban J connectivity index is 2.05. The third-order valence-electron chi connectivity index (χ3n) is 3.73. The molecule has 1 aliphatic heterocycles. The molecule has 20 heavy (non-hydrogen) atoms. The van der Waals surface area contributed by atoms with Crippen molar-refractivity contribution in [2.45, 2.75) is 32.2 Å². The molecule has 0 radical (unpaired) electrons. The molecule has 1 N–H and O–H groups in total. The van der Waals surface area contributed by atoms with Crippen LogP contribution in [0.1, 0.15) is 25.3 Å². The van der Waals surface area contributed by atoms with Crippen LogP contribution in [0, 0.1) is 11.7 Å². The number of carbonyl (C=O) groups excluding carboxylic acids is 1. The number of benzene rings is 1. The predicted octanol–water partition coefficient (Wildman–Crippen LogP) is 2.08. The fraction of sp³-hybridized carbons (Fsp3) is 0.467. The van der Waals surface area contributed by atoms with Crippen molar-refractivity contribution in [2.24, 2.45) is 5.92 Å². The second-order valence-electron chi connectivity index (χ2n) is 5.22. The zero-order valence-electron chi connectivity index (χ0n) is 11.4. The zero-order valence-corrected chi connectivity index (χ0v) is 11.4. The molecule has 1 amide bonds. The van der Waals surface area contributed by atoms with E-state index in [0.717, 1.165) is 0 Å². The monoisotopic (exact) mass is 279 g/mol. The van der Waals surface area contributed by atoms with Crippen molar-refractivity contribution < 1.29 is 19.1 Å². The number of carboxylic acid groups (broad SMARTS) is 1. The first-order valence-corrected chi connectivity index (χ1v) is 6.77. The molecule has 2 atom stereocenters. The topological polar surface area (TPSA) is 57.6 Å². The van der Waals surface area contributed by atoms with Gasteiger partial charge >= 0.3 is 5.97 Å². The quantitative estimate of drug-likeness (QED) is 0.918. The van der Waals surface area contributed by atoms with Crippen molar-refractivity contribution in [3.8, 4) is 0 Å². The van der Waals surface area contributed by atoms with Gasteiger partial charge in [0.25, 0.3) is 0 Å². The Morgan fingerprint density at radius 1 is 1.45 bits per heavy atom. The first-order valence-electron chi connectivity index (χ1n) is 6.77. The summed E-state index contributed by atoms with van der Waals surface area (Å²) in [7, 11) is 0. The second-order valence-corrected chi connectivity index (χ2v) is 5.22. The van der Waals surface area contributed by atoms with Gasteiger partial charge < -0.3 is 10.0 Å². The van der Waals surface area contributed by atoms with Crippen molar-refractivity contribution in [2.75, 3.05) is 6.54 Å². The van der Waals surface area contributed by atoms with Crippen LogP contribution in [0.5, 0.6) is 0 Å². The summed E-state index contributed by atoms with van der Waals surface area (Å²) in [6, 6.07) is 5.61. The Kier molecular flexibility index (Phi) is 4.37. The molecule has 0 aliphatic carbocycles. The van der Waals surface area contributed by atoms with Crippen molar-refractivity contribution in [3.63, 3.8) is 0 Å². The maximum Gasteiger partial charge on any atom is 0.326 e. The molecule has 5 heteroatoms. The smallest absolute Gasteiger partial charge is 0.326 e. The summed E-state index contributed by atoms with van der Waals surface area (Å²) in [5.74, 6) is -1.93. The summed E-state index contributed by atoms with van der Waals surface area (Å²) in [5.41, 5.74) is 0.486. The Labute approximate surface area is 117 Å². The highest BCUT2D eigenvalue weighted by molar-refractivity contribution is 5.85. The predicted molar refractivity (Wildman–Crippen MR) is 71.6 cm³/mol. The molecule has 108 valence electrons. The fourth-order valence-electron chi connectivity index (χ4n) is 2.65. The van der Waals surface area contributed by atoms with Gasteiger partial charge in [-0.25, -0.2) is 9.18 Å². The summed E-state index contributed by atoms with van der Waals surface area (Å²) in [5, 5.41) is 9.09. The lowest BCUT2D eigenvalue weighted by Crippen LogP contribution is -2.43. The molecule has 1 aromatic carbocycles. The SMILES string of the molecule is CC(Cc1ccccc1F)C(=O)N1CCC[C@H]1C(=O)O. The minimum atomic E-state index is -0.964. The van der Waals surface area contributed by atoms with E-state index in [0.29, 0.717) is 24.9 Å². The largest absolute Gasteiger partial charge is 0.480 e. The van der Waals surface area contributed by atoms with E-state index in [4.69, 9.17) is 5.11 Å². The summed E-state index contributed by atoms with van der Waals surface area (Å²) in [6.07, 6.45) is 1.48. The lowest BCUT2D eigenvalue weighted by atomic mass is 9.99. The third kappa shape index (κ3) is 2.98. The van der Waals surface area contributed by atoms with E-state index in [1.807, 2.05) is 0 Å². The number of aliphatic carboxylic acids is 1. The molecule has 1 aromatic rings. The number of carboxylic acids is 1. The Hall–Kier alpha value is -1.91. The molecule has 1 saturated heterocycles. The normalized spacial score (nSPS) is 19.9. The van der Waals surface area contributed by atoms with Gasteiger partial charge in [-0.3, -0.25) is 4.79 Å². The van der Waals surface area contributed by atoms with Crippen LogP contribution in [0.15, 0.2) is 24.3 Å². The molecule has 1 aliphatic rings. The minimum Gasteiger partial charge on any atom is -0.480 e. The van der Waals surface area contributed by atoms with Crippen LogP contribution in [0.3, 0.4) is 0 Å². The Morgan fingerprint density at radius 3 is 2.80 bits per heavy atom. The van der Waals surface area contributed by atoms with Crippen LogP contribution in [0.4, 0.5) is 4.39 Å². The maximum atomic E-state index is 13.6. The first kappa shape index (κ1) is 14.5. The van der Waals surface area contributed by atoms with Gasteiger partial charge in [0.1, 0.15) is 11.9 Å². The molecule has 1 heterocycles. The van der Waals surface area contributed by atoms with Gasteiger partial charge in [-0.2, -0.15) is 0 Å². The highest BCUT2D eigenvalue weighted by atomic mass is 19.1. The fourth-order valence-corrected chi connectivity index (χ4v) is 2.65. The van der Waals surface area contributed by atoms with Crippen LogP contribution in [-0.4, -0.2) is 34.5 Å². The van der Waals surface area contributed by atoms with Crippen molar-refractivity contribution in [1.29, 1.82) is 0 Å². The van der Waals surface area contributed by atoms with E-state index in [2.05, 4.69) is 0 Å². The molecular formula is C15H18FNO3. The zero-order chi connectivity index (χ0) is 14.7. The van der Waals surface area contributed by atoms with Gasteiger partial charge in [-0.15, -0.1) is 0 Å². The van der Waals surface area contributed by atoms with Crippen LogP contribution < -0.4 is 0 Å². The molecule has 0 bridgehead atoms. The van der Waals surface area contributed by atoms with Crippen molar-refractivity contribution >= 4 is 11.9 Å². The molecule has 0 aromatic heterocycles. The number of rotatable bonds is 4. The standard InChI is InChI=1S/C15H18FNO3/c1-10(9-11-5-2-3-6-12(11)16)14(18)17-8-4-7-13(17)15(19)20/h2-3,5-6,10,13H,4,7-9H2,1H3,(H,19,20)/t10?,13-/m0/s1. The summed E-state index contributed by atoms with van der Waals surface area (Å²) in [6.45, 7) is 2.18. The molecule has 1 unspecified atom stereocenters.